The number of nitrogens with zero attached hydrogens (tertiary/aromatic N) is 2. The van der Waals surface area contributed by atoms with Crippen molar-refractivity contribution in [3.05, 3.63) is 12.3 Å². The third-order valence-electron chi connectivity index (χ3n) is 5.69. The maximum absolute atomic E-state index is 12.3. The highest BCUT2D eigenvalue weighted by atomic mass is 16.4. The summed E-state index contributed by atoms with van der Waals surface area (Å²) in [6.45, 7) is 6.70. The lowest BCUT2D eigenvalue weighted by Crippen LogP contribution is -2.57. The average molecular weight is 334 g/mol. The van der Waals surface area contributed by atoms with Gasteiger partial charge < -0.3 is 10.4 Å². The fraction of sp³-hybridized carbons (Fsp3) is 0.706. The molecule has 2 saturated carbocycles. The van der Waals surface area contributed by atoms with Gasteiger partial charge in [0.05, 0.1) is 12.1 Å². The van der Waals surface area contributed by atoms with E-state index in [9.17, 15) is 14.7 Å². The summed E-state index contributed by atoms with van der Waals surface area (Å²) in [4.78, 5) is 23.5. The van der Waals surface area contributed by atoms with Gasteiger partial charge in [0.2, 0.25) is 0 Å². The minimum absolute atomic E-state index is 0.0876. The van der Waals surface area contributed by atoms with Crippen LogP contribution in [0.5, 0.6) is 0 Å². The van der Waals surface area contributed by atoms with E-state index in [4.69, 9.17) is 0 Å². The second-order valence-corrected chi connectivity index (χ2v) is 7.78. The van der Waals surface area contributed by atoms with E-state index < -0.39 is 5.97 Å². The van der Waals surface area contributed by atoms with Crippen molar-refractivity contribution in [2.24, 2.45) is 23.2 Å². The monoisotopic (exact) mass is 334 g/mol. The van der Waals surface area contributed by atoms with Crippen LogP contribution in [-0.2, 0) is 11.3 Å². The van der Waals surface area contributed by atoms with Crippen LogP contribution >= 0.6 is 0 Å². The van der Waals surface area contributed by atoms with Crippen LogP contribution in [0.4, 0.5) is 10.6 Å². The molecule has 24 heavy (non-hydrogen) atoms. The van der Waals surface area contributed by atoms with Crippen LogP contribution in [0.3, 0.4) is 0 Å². The number of aromatic nitrogens is 2. The van der Waals surface area contributed by atoms with Crippen LogP contribution in [0.1, 0.15) is 40.0 Å². The molecule has 3 N–H and O–H groups in total. The van der Waals surface area contributed by atoms with Gasteiger partial charge in [0.15, 0.2) is 0 Å². The minimum atomic E-state index is -0.753. The van der Waals surface area contributed by atoms with Gasteiger partial charge in [0, 0.05) is 18.7 Å². The van der Waals surface area contributed by atoms with Gasteiger partial charge in [-0.25, -0.2) is 9.48 Å². The molecule has 3 atom stereocenters. The molecule has 2 aliphatic carbocycles. The zero-order chi connectivity index (χ0) is 17.5. The summed E-state index contributed by atoms with van der Waals surface area (Å²) in [6, 6.07) is 1.44. The number of nitrogens with one attached hydrogen (secondary N) is 2. The number of amides is 2. The lowest BCUT2D eigenvalue weighted by atomic mass is 9.53. The largest absolute Gasteiger partial charge is 0.481 e. The number of carbonyl (C=O) groups excluding carboxylic acids is 1. The molecule has 0 aliphatic heterocycles. The Labute approximate surface area is 141 Å². The molecule has 3 rings (SSSR count). The van der Waals surface area contributed by atoms with E-state index >= 15 is 0 Å². The van der Waals surface area contributed by atoms with E-state index in [1.165, 1.54) is 12.8 Å². The van der Waals surface area contributed by atoms with Crippen LogP contribution in [0.2, 0.25) is 0 Å². The lowest BCUT2D eigenvalue weighted by Gasteiger charge is -2.52. The number of rotatable bonds is 6. The first-order valence-electron chi connectivity index (χ1n) is 8.61. The third-order valence-corrected chi connectivity index (χ3v) is 5.69. The Bertz CT molecular complexity index is 636. The van der Waals surface area contributed by atoms with E-state index in [2.05, 4.69) is 15.7 Å². The molecule has 1 heterocycles. The molecule has 1 aromatic heterocycles. The van der Waals surface area contributed by atoms with Gasteiger partial charge in [-0.3, -0.25) is 10.1 Å². The van der Waals surface area contributed by atoms with Crippen LogP contribution in [-0.4, -0.2) is 32.9 Å². The highest BCUT2D eigenvalue weighted by molar-refractivity contribution is 5.88. The maximum atomic E-state index is 12.3. The lowest BCUT2D eigenvalue weighted by molar-refractivity contribution is -0.160. The molecule has 7 nitrogen and oxygen atoms in total. The Morgan fingerprint density at radius 2 is 2.17 bits per heavy atom. The maximum Gasteiger partial charge on any atom is 0.320 e. The molecule has 0 radical (unpaired) electrons. The molecule has 1 aromatic rings. The van der Waals surface area contributed by atoms with Crippen LogP contribution < -0.4 is 10.6 Å². The summed E-state index contributed by atoms with van der Waals surface area (Å²) >= 11 is 0. The quantitative estimate of drug-likeness (QED) is 0.745. The van der Waals surface area contributed by atoms with Gasteiger partial charge in [-0.2, -0.15) is 5.10 Å². The number of aliphatic carboxylic acids is 1. The van der Waals surface area contributed by atoms with E-state index in [1.54, 1.807) is 12.3 Å². The first-order valence-corrected chi connectivity index (χ1v) is 8.61. The summed E-state index contributed by atoms with van der Waals surface area (Å²) in [7, 11) is 0. The number of anilines is 1. The zero-order valence-corrected chi connectivity index (χ0v) is 14.5. The van der Waals surface area contributed by atoms with Crippen molar-refractivity contribution in [3.8, 4) is 0 Å². The van der Waals surface area contributed by atoms with Crippen molar-refractivity contribution in [2.75, 3.05) is 5.32 Å². The predicted octanol–water partition coefficient (Wildman–Crippen LogP) is 2.55. The number of urea groups is 1. The zero-order valence-electron chi connectivity index (χ0n) is 14.5. The molecule has 2 fully saturated rings. The fourth-order valence-corrected chi connectivity index (χ4v) is 3.82. The molecule has 2 aliphatic rings. The van der Waals surface area contributed by atoms with Crippen molar-refractivity contribution in [1.29, 1.82) is 0 Å². The molecule has 0 bridgehead atoms. The number of carbonyl (C=O) groups is 2. The average Bonchev–Trinajstić information content (AvgIpc) is 3.17. The van der Waals surface area contributed by atoms with Crippen molar-refractivity contribution < 1.29 is 14.7 Å². The van der Waals surface area contributed by atoms with E-state index in [1.807, 2.05) is 25.5 Å². The van der Waals surface area contributed by atoms with Crippen LogP contribution in [0.25, 0.3) is 0 Å². The summed E-state index contributed by atoms with van der Waals surface area (Å²) in [5.41, 5.74) is -0.313. The number of carboxylic acids is 1. The molecule has 7 heteroatoms. The molecular weight excluding hydrogens is 308 g/mol. The smallest absolute Gasteiger partial charge is 0.320 e. The second kappa shape index (κ2) is 6.11. The van der Waals surface area contributed by atoms with E-state index in [-0.39, 0.29) is 29.3 Å². The van der Waals surface area contributed by atoms with Crippen molar-refractivity contribution in [3.63, 3.8) is 0 Å². The van der Waals surface area contributed by atoms with Crippen molar-refractivity contribution in [1.82, 2.24) is 15.1 Å². The third kappa shape index (κ3) is 3.25. The normalized spacial score (nSPS) is 26.3. The fourth-order valence-electron chi connectivity index (χ4n) is 3.82. The van der Waals surface area contributed by atoms with Gasteiger partial charge in [-0.1, -0.05) is 13.8 Å². The SMILES string of the molecule is CC(NC(=O)Nc1ccnn1CC1CC1)[C@@H]1C[C@H](C(=O)O)C1(C)C. The van der Waals surface area contributed by atoms with E-state index in [0.29, 0.717) is 18.2 Å². The topological polar surface area (TPSA) is 96.3 Å². The Morgan fingerprint density at radius 1 is 1.46 bits per heavy atom. The highest BCUT2D eigenvalue weighted by Gasteiger charge is 2.53. The van der Waals surface area contributed by atoms with Gasteiger partial charge in [-0.15, -0.1) is 0 Å². The molecule has 132 valence electrons. The van der Waals surface area contributed by atoms with E-state index in [0.717, 1.165) is 6.54 Å². The number of hydrogen-bond acceptors (Lipinski definition) is 3. The van der Waals surface area contributed by atoms with Crippen molar-refractivity contribution >= 4 is 17.8 Å². The first kappa shape index (κ1) is 16.8. The highest BCUT2D eigenvalue weighted by Crippen LogP contribution is 2.52. The van der Waals surface area contributed by atoms with Crippen LogP contribution in [0, 0.1) is 23.2 Å². The Morgan fingerprint density at radius 3 is 2.75 bits per heavy atom. The van der Waals surface area contributed by atoms with Gasteiger partial charge in [-0.05, 0) is 43.4 Å². The number of carboxylic acid groups (broad SMARTS) is 1. The summed E-state index contributed by atoms with van der Waals surface area (Å²) < 4.78 is 1.83. The Hall–Kier alpha value is -2.05. The summed E-state index contributed by atoms with van der Waals surface area (Å²) in [6.07, 6.45) is 4.74. The van der Waals surface area contributed by atoms with Gasteiger partial charge in [0.25, 0.3) is 0 Å². The molecule has 0 spiro atoms. The second-order valence-electron chi connectivity index (χ2n) is 7.78. The first-order chi connectivity index (χ1) is 11.3. The van der Waals surface area contributed by atoms with Crippen molar-refractivity contribution in [2.45, 2.75) is 52.6 Å². The molecule has 0 saturated heterocycles. The number of hydrogen-bond donors (Lipinski definition) is 3. The Balaban J connectivity index is 1.53. The summed E-state index contributed by atoms with van der Waals surface area (Å²) in [5, 5.41) is 19.3. The Kier molecular flexibility index (Phi) is 4.27. The molecular formula is C17H26N4O3. The minimum Gasteiger partial charge on any atom is -0.481 e. The molecule has 2 amide bonds. The van der Waals surface area contributed by atoms with Crippen LogP contribution in [0.15, 0.2) is 12.3 Å². The predicted molar refractivity (Wildman–Crippen MR) is 89.6 cm³/mol. The molecule has 0 aromatic carbocycles. The summed E-state index contributed by atoms with van der Waals surface area (Å²) in [5.74, 6) is 0.437. The molecule has 1 unspecified atom stereocenters. The van der Waals surface area contributed by atoms with Gasteiger partial charge >= 0.3 is 12.0 Å². The standard InChI is InChI=1S/C17H26N4O3/c1-10(12-8-13(15(22)23)17(12,2)3)19-16(24)20-14-6-7-18-21(14)9-11-4-5-11/h6-7,10-13H,4-5,8-9H2,1-3H3,(H,22,23)(H2,19,20,24)/t10?,12-,13+/m0/s1. The van der Waals surface area contributed by atoms with Gasteiger partial charge in [0.1, 0.15) is 5.82 Å².